The van der Waals surface area contributed by atoms with Gasteiger partial charge < -0.3 is 0 Å². The van der Waals surface area contributed by atoms with Crippen molar-refractivity contribution in [2.45, 2.75) is 6.92 Å². The van der Waals surface area contributed by atoms with Gasteiger partial charge in [-0.15, -0.1) is 6.42 Å². The van der Waals surface area contributed by atoms with Gasteiger partial charge in [0.2, 0.25) is 0 Å². The molecule has 1 aromatic rings. The first-order chi connectivity index (χ1) is 5.65. The largest absolute Gasteiger partial charge is 0.295 e. The summed E-state index contributed by atoms with van der Waals surface area (Å²) in [4.78, 5) is 10.8. The molecule has 0 saturated heterocycles. The third-order valence-corrected chi connectivity index (χ3v) is 1.53. The molecule has 0 saturated carbocycles. The summed E-state index contributed by atoms with van der Waals surface area (Å²) in [5.41, 5.74) is 0.562. The highest BCUT2D eigenvalue weighted by Crippen LogP contribution is 2.09. The van der Waals surface area contributed by atoms with Crippen molar-refractivity contribution in [1.82, 2.24) is 0 Å². The summed E-state index contributed by atoms with van der Waals surface area (Å²) in [6.07, 6.45) is 5.02. The zero-order valence-electron chi connectivity index (χ0n) is 6.60. The summed E-state index contributed by atoms with van der Waals surface area (Å²) >= 11 is 0. The second kappa shape index (κ2) is 3.19. The van der Waals surface area contributed by atoms with Crippen molar-refractivity contribution in [3.8, 4) is 12.3 Å². The third kappa shape index (κ3) is 1.51. The standard InChI is InChI=1S/C10H7FO/c1-3-8-6-9(7(2)12)4-5-10(8)11/h1,4-6H,2H3. The van der Waals surface area contributed by atoms with Crippen molar-refractivity contribution < 1.29 is 9.18 Å². The van der Waals surface area contributed by atoms with Crippen molar-refractivity contribution in [3.05, 3.63) is 35.1 Å². The second-order valence-electron chi connectivity index (χ2n) is 2.40. The minimum atomic E-state index is -0.470. The van der Waals surface area contributed by atoms with Crippen LogP contribution in [0.5, 0.6) is 0 Å². The molecule has 0 unspecified atom stereocenters. The Morgan fingerprint density at radius 3 is 2.75 bits per heavy atom. The highest BCUT2D eigenvalue weighted by Gasteiger charge is 2.03. The smallest absolute Gasteiger partial charge is 0.159 e. The van der Waals surface area contributed by atoms with E-state index in [0.29, 0.717) is 5.56 Å². The van der Waals surface area contributed by atoms with Gasteiger partial charge >= 0.3 is 0 Å². The topological polar surface area (TPSA) is 17.1 Å². The SMILES string of the molecule is C#Cc1cc(C(C)=O)ccc1F. The van der Waals surface area contributed by atoms with Crippen LogP contribution < -0.4 is 0 Å². The van der Waals surface area contributed by atoms with Crippen molar-refractivity contribution in [3.63, 3.8) is 0 Å². The molecule has 0 radical (unpaired) electrons. The van der Waals surface area contributed by atoms with E-state index < -0.39 is 5.82 Å². The average molecular weight is 162 g/mol. The molecule has 12 heavy (non-hydrogen) atoms. The molecule has 0 spiro atoms. The van der Waals surface area contributed by atoms with Gasteiger partial charge in [-0.3, -0.25) is 4.79 Å². The molecular weight excluding hydrogens is 155 g/mol. The van der Waals surface area contributed by atoms with Crippen LogP contribution in [0.3, 0.4) is 0 Å². The van der Waals surface area contributed by atoms with Gasteiger partial charge in [-0.05, 0) is 25.1 Å². The van der Waals surface area contributed by atoms with Crippen LogP contribution in [0.1, 0.15) is 22.8 Å². The minimum Gasteiger partial charge on any atom is -0.295 e. The van der Waals surface area contributed by atoms with Crippen molar-refractivity contribution >= 4 is 5.78 Å². The number of Topliss-reactive ketones (excluding diaryl/α,β-unsaturated/α-hetero) is 1. The Hall–Kier alpha value is -1.62. The van der Waals surface area contributed by atoms with E-state index in [1.807, 2.05) is 0 Å². The van der Waals surface area contributed by atoms with E-state index in [2.05, 4.69) is 5.92 Å². The Morgan fingerprint density at radius 2 is 2.25 bits per heavy atom. The molecule has 60 valence electrons. The molecule has 0 atom stereocenters. The Kier molecular flexibility index (Phi) is 2.25. The highest BCUT2D eigenvalue weighted by atomic mass is 19.1. The number of benzene rings is 1. The van der Waals surface area contributed by atoms with E-state index in [0.717, 1.165) is 0 Å². The molecule has 0 aliphatic rings. The van der Waals surface area contributed by atoms with Crippen LogP contribution in [-0.4, -0.2) is 5.78 Å². The zero-order valence-corrected chi connectivity index (χ0v) is 6.60. The van der Waals surface area contributed by atoms with Crippen LogP contribution in [0.25, 0.3) is 0 Å². The third-order valence-electron chi connectivity index (χ3n) is 1.53. The molecule has 1 aromatic carbocycles. The Balaban J connectivity index is 3.25. The molecule has 0 N–H and O–H groups in total. The van der Waals surface area contributed by atoms with Gasteiger partial charge in [0.05, 0.1) is 5.56 Å². The first kappa shape index (κ1) is 8.48. The molecular formula is C10H7FO. The summed E-state index contributed by atoms with van der Waals surface area (Å²) in [6.45, 7) is 1.41. The lowest BCUT2D eigenvalue weighted by Gasteiger charge is -1.97. The Bertz CT molecular complexity index is 361. The predicted octanol–water partition coefficient (Wildman–Crippen LogP) is 2.01. The Labute approximate surface area is 70.2 Å². The van der Waals surface area contributed by atoms with E-state index in [9.17, 15) is 9.18 Å². The van der Waals surface area contributed by atoms with Crippen LogP contribution in [-0.2, 0) is 0 Å². The normalized spacial score (nSPS) is 9.08. The van der Waals surface area contributed by atoms with Crippen LogP contribution in [0.15, 0.2) is 18.2 Å². The van der Waals surface area contributed by atoms with Gasteiger partial charge in [-0.1, -0.05) is 5.92 Å². The van der Waals surface area contributed by atoms with Crippen LogP contribution >= 0.6 is 0 Å². The number of carbonyl (C=O) groups is 1. The molecule has 0 heterocycles. The van der Waals surface area contributed by atoms with Crippen molar-refractivity contribution in [2.75, 3.05) is 0 Å². The predicted molar refractivity (Wildman–Crippen MR) is 44.3 cm³/mol. The number of ketones is 1. The molecule has 0 bridgehead atoms. The summed E-state index contributed by atoms with van der Waals surface area (Å²) in [7, 11) is 0. The molecule has 1 rings (SSSR count). The quantitative estimate of drug-likeness (QED) is 0.456. The maximum atomic E-state index is 12.8. The fraction of sp³-hybridized carbons (Fsp3) is 0.100. The van der Waals surface area contributed by atoms with E-state index in [-0.39, 0.29) is 11.3 Å². The van der Waals surface area contributed by atoms with Gasteiger partial charge in [0.1, 0.15) is 5.82 Å². The maximum Gasteiger partial charge on any atom is 0.159 e. The number of hydrogen-bond acceptors (Lipinski definition) is 1. The van der Waals surface area contributed by atoms with Crippen LogP contribution in [0, 0.1) is 18.2 Å². The number of halogens is 1. The number of rotatable bonds is 1. The molecule has 0 amide bonds. The summed E-state index contributed by atoms with van der Waals surface area (Å²) < 4.78 is 12.8. The number of carbonyl (C=O) groups excluding carboxylic acids is 1. The van der Waals surface area contributed by atoms with E-state index >= 15 is 0 Å². The summed E-state index contributed by atoms with van der Waals surface area (Å²) in [6, 6.07) is 3.99. The van der Waals surface area contributed by atoms with Gasteiger partial charge in [0, 0.05) is 5.56 Å². The molecule has 0 aromatic heterocycles. The van der Waals surface area contributed by atoms with Gasteiger partial charge in [0.15, 0.2) is 5.78 Å². The molecule has 0 aliphatic heterocycles. The van der Waals surface area contributed by atoms with Gasteiger partial charge in [0.25, 0.3) is 0 Å². The second-order valence-corrected chi connectivity index (χ2v) is 2.40. The first-order valence-electron chi connectivity index (χ1n) is 3.42. The summed E-state index contributed by atoms with van der Waals surface area (Å²) in [5.74, 6) is 1.57. The molecule has 0 aliphatic carbocycles. The maximum absolute atomic E-state index is 12.8. The fourth-order valence-corrected chi connectivity index (χ4v) is 0.855. The fourth-order valence-electron chi connectivity index (χ4n) is 0.855. The lowest BCUT2D eigenvalue weighted by Crippen LogP contribution is -1.94. The first-order valence-corrected chi connectivity index (χ1v) is 3.42. The number of hydrogen-bond donors (Lipinski definition) is 0. The lowest BCUT2D eigenvalue weighted by atomic mass is 10.1. The summed E-state index contributed by atoms with van der Waals surface area (Å²) in [5, 5.41) is 0. The highest BCUT2D eigenvalue weighted by molar-refractivity contribution is 5.94. The van der Waals surface area contributed by atoms with E-state index in [1.165, 1.54) is 25.1 Å². The monoisotopic (exact) mass is 162 g/mol. The molecule has 2 heteroatoms. The van der Waals surface area contributed by atoms with Crippen molar-refractivity contribution in [1.29, 1.82) is 0 Å². The Morgan fingerprint density at radius 1 is 1.58 bits per heavy atom. The van der Waals surface area contributed by atoms with Gasteiger partial charge in [-0.25, -0.2) is 4.39 Å². The molecule has 0 fully saturated rings. The lowest BCUT2D eigenvalue weighted by molar-refractivity contribution is 0.101. The van der Waals surface area contributed by atoms with Crippen molar-refractivity contribution in [2.24, 2.45) is 0 Å². The molecule has 1 nitrogen and oxygen atoms in total. The van der Waals surface area contributed by atoms with Gasteiger partial charge in [-0.2, -0.15) is 0 Å². The number of terminal acetylenes is 1. The van der Waals surface area contributed by atoms with E-state index in [1.54, 1.807) is 0 Å². The van der Waals surface area contributed by atoms with Crippen LogP contribution in [0.2, 0.25) is 0 Å². The minimum absolute atomic E-state index is 0.119. The average Bonchev–Trinajstić information content (AvgIpc) is 2.05. The zero-order chi connectivity index (χ0) is 9.14. The van der Waals surface area contributed by atoms with E-state index in [4.69, 9.17) is 6.42 Å². The van der Waals surface area contributed by atoms with Crippen LogP contribution in [0.4, 0.5) is 4.39 Å².